The Labute approximate surface area is 123 Å². The fourth-order valence-electron chi connectivity index (χ4n) is 2.87. The molecule has 1 aliphatic carbocycles. The molecule has 112 valence electrons. The molecule has 0 amide bonds. The van der Waals surface area contributed by atoms with Gasteiger partial charge in [-0.05, 0) is 25.0 Å². The first-order valence-corrected chi connectivity index (χ1v) is 8.86. The topological polar surface area (TPSA) is 76.2 Å². The quantitative estimate of drug-likeness (QED) is 0.883. The average Bonchev–Trinajstić information content (AvgIpc) is 3.05. The molecule has 1 aromatic carbocycles. The maximum Gasteiger partial charge on any atom is 0.340 e. The van der Waals surface area contributed by atoms with Gasteiger partial charge < -0.3 is 9.72 Å². The van der Waals surface area contributed by atoms with Crippen LogP contribution in [0.2, 0.25) is 0 Å². The molecule has 21 heavy (non-hydrogen) atoms. The number of rotatable bonds is 3. The van der Waals surface area contributed by atoms with Crippen molar-refractivity contribution in [2.24, 2.45) is 0 Å². The lowest BCUT2D eigenvalue weighted by molar-refractivity contribution is 0.0320. The molecule has 1 aliphatic rings. The summed E-state index contributed by atoms with van der Waals surface area (Å²) in [6.45, 7) is 0. The van der Waals surface area contributed by atoms with E-state index in [1.165, 1.54) is 6.26 Å². The molecule has 0 radical (unpaired) electrons. The van der Waals surface area contributed by atoms with Gasteiger partial charge in [0.1, 0.15) is 15.9 Å². The Morgan fingerprint density at radius 2 is 2.10 bits per heavy atom. The van der Waals surface area contributed by atoms with Crippen molar-refractivity contribution in [2.45, 2.75) is 30.6 Å². The van der Waals surface area contributed by atoms with Crippen LogP contribution >= 0.6 is 0 Å². The molecule has 3 rings (SSSR count). The van der Waals surface area contributed by atoms with Gasteiger partial charge in [-0.2, -0.15) is 0 Å². The van der Waals surface area contributed by atoms with Crippen LogP contribution in [0.4, 0.5) is 0 Å². The Balaban J connectivity index is 1.74. The Kier molecular flexibility index (Phi) is 3.49. The molecule has 1 aromatic heterocycles. The fraction of sp³-hybridized carbons (Fsp3) is 0.400. The minimum absolute atomic E-state index is 0.317. The molecular weight excluding hydrogens is 290 g/mol. The van der Waals surface area contributed by atoms with Gasteiger partial charge in [-0.3, -0.25) is 0 Å². The van der Waals surface area contributed by atoms with E-state index < -0.39 is 21.1 Å². The molecule has 2 atom stereocenters. The molecule has 1 fully saturated rings. The van der Waals surface area contributed by atoms with E-state index in [4.69, 9.17) is 4.74 Å². The Morgan fingerprint density at radius 3 is 2.81 bits per heavy atom. The Bertz CT molecular complexity index is 778. The van der Waals surface area contributed by atoms with Gasteiger partial charge in [-0.15, -0.1) is 0 Å². The lowest BCUT2D eigenvalue weighted by Crippen LogP contribution is -2.20. The summed E-state index contributed by atoms with van der Waals surface area (Å²) in [5.74, 6) is -0.401. The van der Waals surface area contributed by atoms with E-state index in [1.54, 1.807) is 18.3 Å². The molecule has 0 aliphatic heterocycles. The molecule has 5 nitrogen and oxygen atoms in total. The van der Waals surface area contributed by atoms with Gasteiger partial charge in [-0.1, -0.05) is 12.1 Å². The third-order valence-corrected chi connectivity index (χ3v) is 5.66. The first kappa shape index (κ1) is 14.1. The highest BCUT2D eigenvalue weighted by atomic mass is 32.2. The molecule has 1 heterocycles. The summed E-state index contributed by atoms with van der Waals surface area (Å²) in [5.41, 5.74) is 1.24. The van der Waals surface area contributed by atoms with Crippen LogP contribution < -0.4 is 0 Å². The van der Waals surface area contributed by atoms with Gasteiger partial charge in [0, 0.05) is 24.3 Å². The molecule has 0 unspecified atom stereocenters. The van der Waals surface area contributed by atoms with Crippen molar-refractivity contribution in [1.82, 2.24) is 4.98 Å². The van der Waals surface area contributed by atoms with Crippen molar-refractivity contribution in [3.05, 3.63) is 36.0 Å². The van der Waals surface area contributed by atoms with Crippen LogP contribution in [0.15, 0.2) is 30.5 Å². The van der Waals surface area contributed by atoms with Crippen LogP contribution in [0, 0.1) is 0 Å². The maximum absolute atomic E-state index is 12.3. The van der Waals surface area contributed by atoms with Gasteiger partial charge in [-0.25, -0.2) is 13.2 Å². The van der Waals surface area contributed by atoms with Crippen LogP contribution in [0.25, 0.3) is 10.9 Å². The Morgan fingerprint density at radius 1 is 1.29 bits per heavy atom. The molecule has 1 saturated carbocycles. The van der Waals surface area contributed by atoms with E-state index in [0.717, 1.165) is 10.9 Å². The second-order valence-corrected chi connectivity index (χ2v) is 7.87. The van der Waals surface area contributed by atoms with Gasteiger partial charge in [0.15, 0.2) is 0 Å². The summed E-state index contributed by atoms with van der Waals surface area (Å²) >= 11 is 0. The second-order valence-electron chi connectivity index (χ2n) is 5.54. The third-order valence-electron chi connectivity index (χ3n) is 4.02. The first-order valence-electron chi connectivity index (χ1n) is 6.91. The van der Waals surface area contributed by atoms with E-state index in [-0.39, 0.29) is 6.10 Å². The van der Waals surface area contributed by atoms with Gasteiger partial charge in [0.2, 0.25) is 0 Å². The molecule has 0 bridgehead atoms. The minimum atomic E-state index is -3.06. The Hall–Kier alpha value is -1.82. The normalized spacial score (nSPS) is 22.5. The fourth-order valence-corrected chi connectivity index (χ4v) is 3.99. The van der Waals surface area contributed by atoms with Crippen LogP contribution in [-0.4, -0.2) is 37.0 Å². The number of sulfone groups is 1. The van der Waals surface area contributed by atoms with Gasteiger partial charge in [0.05, 0.1) is 16.3 Å². The number of aromatic nitrogens is 1. The number of carbonyl (C=O) groups excluding carboxylic acids is 1. The molecule has 1 N–H and O–H groups in total. The zero-order valence-corrected chi connectivity index (χ0v) is 12.5. The van der Waals surface area contributed by atoms with Crippen LogP contribution in [0.1, 0.15) is 29.6 Å². The number of para-hydroxylation sites is 1. The predicted octanol–water partition coefficient (Wildman–Crippen LogP) is 2.29. The van der Waals surface area contributed by atoms with Crippen LogP contribution in [-0.2, 0) is 14.6 Å². The number of hydrogen-bond donors (Lipinski definition) is 1. The number of aromatic amines is 1. The average molecular weight is 307 g/mol. The highest BCUT2D eigenvalue weighted by Crippen LogP contribution is 2.28. The predicted molar refractivity (Wildman–Crippen MR) is 80.0 cm³/mol. The third kappa shape index (κ3) is 2.81. The monoisotopic (exact) mass is 307 g/mol. The van der Waals surface area contributed by atoms with E-state index in [1.807, 2.05) is 12.1 Å². The van der Waals surface area contributed by atoms with Crippen molar-refractivity contribution in [2.75, 3.05) is 6.26 Å². The molecular formula is C15H17NO4S. The van der Waals surface area contributed by atoms with Crippen molar-refractivity contribution >= 4 is 26.7 Å². The SMILES string of the molecule is CS(=O)(=O)[C@H]1CC[C@@H](OC(=O)c2cccc3cc[nH]c23)C1. The van der Waals surface area contributed by atoms with Crippen molar-refractivity contribution < 1.29 is 17.9 Å². The number of ether oxygens (including phenoxy) is 1. The zero-order valence-electron chi connectivity index (χ0n) is 11.7. The number of carbonyl (C=O) groups is 1. The lowest BCUT2D eigenvalue weighted by Gasteiger charge is -2.12. The van der Waals surface area contributed by atoms with Crippen molar-refractivity contribution in [1.29, 1.82) is 0 Å². The first-order chi connectivity index (χ1) is 9.95. The van der Waals surface area contributed by atoms with Gasteiger partial charge >= 0.3 is 5.97 Å². The van der Waals surface area contributed by atoms with E-state index in [0.29, 0.717) is 24.8 Å². The van der Waals surface area contributed by atoms with Crippen molar-refractivity contribution in [3.8, 4) is 0 Å². The smallest absolute Gasteiger partial charge is 0.340 e. The summed E-state index contributed by atoms with van der Waals surface area (Å²) < 4.78 is 28.5. The summed E-state index contributed by atoms with van der Waals surface area (Å²) in [4.78, 5) is 15.3. The molecule has 2 aromatic rings. The standard InChI is InChI=1S/C15H17NO4S/c1-21(18,19)12-6-5-11(9-12)20-15(17)13-4-2-3-10-7-8-16-14(10)13/h2-4,7-8,11-12,16H,5-6,9H2,1H3/t11-,12+/m1/s1. The summed E-state index contributed by atoms with van der Waals surface area (Å²) in [5, 5.41) is 0.557. The summed E-state index contributed by atoms with van der Waals surface area (Å²) in [7, 11) is -3.06. The van der Waals surface area contributed by atoms with E-state index in [2.05, 4.69) is 4.98 Å². The largest absolute Gasteiger partial charge is 0.459 e. The lowest BCUT2D eigenvalue weighted by atomic mass is 10.1. The summed E-state index contributed by atoms with van der Waals surface area (Å²) in [6, 6.07) is 7.32. The maximum atomic E-state index is 12.3. The van der Waals surface area contributed by atoms with E-state index in [9.17, 15) is 13.2 Å². The highest BCUT2D eigenvalue weighted by Gasteiger charge is 2.34. The van der Waals surface area contributed by atoms with Crippen LogP contribution in [0.5, 0.6) is 0 Å². The molecule has 6 heteroatoms. The number of nitrogens with one attached hydrogen (secondary N) is 1. The summed E-state index contributed by atoms with van der Waals surface area (Å²) in [6.07, 6.45) is 4.25. The second kappa shape index (κ2) is 5.18. The van der Waals surface area contributed by atoms with Crippen molar-refractivity contribution in [3.63, 3.8) is 0 Å². The number of fused-ring (bicyclic) bond motifs is 1. The number of hydrogen-bond acceptors (Lipinski definition) is 4. The minimum Gasteiger partial charge on any atom is -0.459 e. The zero-order chi connectivity index (χ0) is 15.0. The van der Waals surface area contributed by atoms with Crippen LogP contribution in [0.3, 0.4) is 0 Å². The molecule has 0 spiro atoms. The molecule has 0 saturated heterocycles. The number of H-pyrrole nitrogens is 1. The van der Waals surface area contributed by atoms with E-state index >= 15 is 0 Å². The van der Waals surface area contributed by atoms with Gasteiger partial charge in [0.25, 0.3) is 0 Å². The number of esters is 1. The highest BCUT2D eigenvalue weighted by molar-refractivity contribution is 7.91. The number of benzene rings is 1.